The fourth-order valence-corrected chi connectivity index (χ4v) is 4.32. The van der Waals surface area contributed by atoms with Crippen molar-refractivity contribution >= 4 is 52.2 Å². The fraction of sp³-hybridized carbons (Fsp3) is 0.188. The highest BCUT2D eigenvalue weighted by atomic mass is 35.5. The second-order valence-corrected chi connectivity index (χ2v) is 8.39. The molecule has 0 N–H and O–H groups in total. The van der Waals surface area contributed by atoms with E-state index >= 15 is 0 Å². The van der Waals surface area contributed by atoms with Gasteiger partial charge in [-0.3, -0.25) is 9.36 Å². The van der Waals surface area contributed by atoms with Gasteiger partial charge in [0.2, 0.25) is 5.91 Å². The highest BCUT2D eigenvalue weighted by Crippen LogP contribution is 2.24. The van der Waals surface area contributed by atoms with Gasteiger partial charge in [-0.05, 0) is 30.3 Å². The summed E-state index contributed by atoms with van der Waals surface area (Å²) < 4.78 is 2.53. The minimum atomic E-state index is 0.00941. The average molecular weight is 413 g/mol. The van der Waals surface area contributed by atoms with Crippen LogP contribution in [-0.2, 0) is 11.3 Å². The van der Waals surface area contributed by atoms with Gasteiger partial charge in [0.1, 0.15) is 6.33 Å². The normalized spacial score (nSPS) is 10.8. The van der Waals surface area contributed by atoms with Crippen LogP contribution < -0.4 is 0 Å². The Balaban J connectivity index is 1.62. The first-order valence-electron chi connectivity index (χ1n) is 7.30. The monoisotopic (exact) mass is 412 g/mol. The lowest BCUT2D eigenvalue weighted by atomic mass is 10.3. The van der Waals surface area contributed by atoms with Crippen molar-refractivity contribution in [1.82, 2.24) is 19.7 Å². The first-order valence-corrected chi connectivity index (χ1v) is 9.85. The maximum absolute atomic E-state index is 12.3. The van der Waals surface area contributed by atoms with E-state index < -0.39 is 0 Å². The summed E-state index contributed by atoms with van der Waals surface area (Å²) in [7, 11) is 1.78. The average Bonchev–Trinajstić information content (AvgIpc) is 3.21. The molecule has 2 aromatic heterocycles. The number of carbonyl (C=O) groups is 1. The molecule has 9 heteroatoms. The molecular weight excluding hydrogens is 399 g/mol. The highest BCUT2D eigenvalue weighted by Gasteiger charge is 2.14. The zero-order valence-electron chi connectivity index (χ0n) is 13.2. The van der Waals surface area contributed by atoms with Crippen LogP contribution in [0.4, 0.5) is 0 Å². The van der Waals surface area contributed by atoms with Crippen LogP contribution in [0.2, 0.25) is 9.36 Å². The summed E-state index contributed by atoms with van der Waals surface area (Å²) in [6, 6.07) is 11.2. The maximum atomic E-state index is 12.3. The third-order valence-electron chi connectivity index (χ3n) is 3.38. The van der Waals surface area contributed by atoms with Crippen molar-refractivity contribution in [3.05, 3.63) is 57.0 Å². The largest absolute Gasteiger partial charge is 0.340 e. The summed E-state index contributed by atoms with van der Waals surface area (Å²) in [5.74, 6) is 0.282. The molecule has 0 radical (unpaired) electrons. The topological polar surface area (TPSA) is 51.0 Å². The number of nitrogens with zero attached hydrogens (tertiary/aromatic N) is 4. The number of halogens is 2. The third kappa shape index (κ3) is 4.76. The lowest BCUT2D eigenvalue weighted by Crippen LogP contribution is -2.27. The number of amides is 1. The van der Waals surface area contributed by atoms with Crippen molar-refractivity contribution in [3.63, 3.8) is 0 Å². The van der Waals surface area contributed by atoms with Gasteiger partial charge >= 0.3 is 0 Å². The van der Waals surface area contributed by atoms with Gasteiger partial charge in [-0.15, -0.1) is 21.5 Å². The summed E-state index contributed by atoms with van der Waals surface area (Å²) >= 11 is 14.8. The van der Waals surface area contributed by atoms with E-state index in [1.807, 2.05) is 34.9 Å². The number of benzene rings is 1. The van der Waals surface area contributed by atoms with Crippen molar-refractivity contribution in [2.24, 2.45) is 0 Å². The molecule has 0 atom stereocenters. The number of aromatic nitrogens is 3. The summed E-state index contributed by atoms with van der Waals surface area (Å²) in [6.07, 6.45) is 1.61. The van der Waals surface area contributed by atoms with E-state index in [0.29, 0.717) is 16.7 Å². The van der Waals surface area contributed by atoms with Crippen molar-refractivity contribution < 1.29 is 4.79 Å². The lowest BCUT2D eigenvalue weighted by molar-refractivity contribution is -0.127. The second-order valence-electron chi connectivity index (χ2n) is 5.21. The quantitative estimate of drug-likeness (QED) is 0.563. The molecule has 25 heavy (non-hydrogen) atoms. The van der Waals surface area contributed by atoms with Gasteiger partial charge in [0.05, 0.1) is 22.3 Å². The SMILES string of the molecule is CN(Cc1ccc(Cl)s1)C(=O)CSc1nncn1-c1cccc(Cl)c1. The predicted molar refractivity (Wildman–Crippen MR) is 103 cm³/mol. The van der Waals surface area contributed by atoms with Crippen LogP contribution in [-0.4, -0.2) is 38.4 Å². The van der Waals surface area contributed by atoms with E-state index in [9.17, 15) is 4.79 Å². The van der Waals surface area contributed by atoms with Crippen LogP contribution in [0, 0.1) is 0 Å². The van der Waals surface area contributed by atoms with E-state index in [-0.39, 0.29) is 11.7 Å². The molecule has 0 fully saturated rings. The molecule has 0 aliphatic heterocycles. The number of hydrogen-bond donors (Lipinski definition) is 0. The molecule has 0 saturated carbocycles. The Hall–Kier alpha value is -1.54. The molecule has 0 unspecified atom stereocenters. The van der Waals surface area contributed by atoms with Gasteiger partial charge in [-0.2, -0.15) is 0 Å². The van der Waals surface area contributed by atoms with Crippen LogP contribution in [0.25, 0.3) is 5.69 Å². The van der Waals surface area contributed by atoms with Crippen LogP contribution in [0.3, 0.4) is 0 Å². The Morgan fingerprint density at radius 2 is 2.16 bits per heavy atom. The van der Waals surface area contributed by atoms with Gasteiger partial charge in [-0.1, -0.05) is 41.0 Å². The van der Waals surface area contributed by atoms with Crippen LogP contribution >= 0.6 is 46.3 Å². The molecule has 5 nitrogen and oxygen atoms in total. The molecule has 1 amide bonds. The Bertz CT molecular complexity index is 880. The molecule has 2 heterocycles. The van der Waals surface area contributed by atoms with E-state index in [4.69, 9.17) is 23.2 Å². The molecule has 130 valence electrons. The van der Waals surface area contributed by atoms with Crippen molar-refractivity contribution in [1.29, 1.82) is 0 Å². The lowest BCUT2D eigenvalue weighted by Gasteiger charge is -2.15. The first-order chi connectivity index (χ1) is 12.0. The zero-order chi connectivity index (χ0) is 17.8. The molecule has 0 aliphatic rings. The maximum Gasteiger partial charge on any atom is 0.233 e. The molecule has 3 rings (SSSR count). The second kappa shape index (κ2) is 8.23. The summed E-state index contributed by atoms with van der Waals surface area (Å²) in [4.78, 5) is 15.1. The third-order valence-corrected chi connectivity index (χ3v) is 5.75. The number of thioether (sulfide) groups is 1. The highest BCUT2D eigenvalue weighted by molar-refractivity contribution is 7.99. The molecule has 0 spiro atoms. The van der Waals surface area contributed by atoms with Gasteiger partial charge < -0.3 is 4.90 Å². The molecule has 0 aliphatic carbocycles. The molecular formula is C16H14Cl2N4OS2. The van der Waals surface area contributed by atoms with Crippen LogP contribution in [0.1, 0.15) is 4.88 Å². The number of rotatable bonds is 6. The van der Waals surface area contributed by atoms with Crippen molar-refractivity contribution in [2.45, 2.75) is 11.7 Å². The predicted octanol–water partition coefficient (Wildman–Crippen LogP) is 4.39. The van der Waals surface area contributed by atoms with Crippen LogP contribution in [0.15, 0.2) is 47.9 Å². The van der Waals surface area contributed by atoms with E-state index in [2.05, 4.69) is 10.2 Å². The number of carbonyl (C=O) groups excluding carboxylic acids is 1. The van der Waals surface area contributed by atoms with Crippen LogP contribution in [0.5, 0.6) is 0 Å². The van der Waals surface area contributed by atoms with Gasteiger partial charge in [0, 0.05) is 16.9 Å². The van der Waals surface area contributed by atoms with Crippen molar-refractivity contribution in [3.8, 4) is 5.69 Å². The summed E-state index contributed by atoms with van der Waals surface area (Å²) in [5, 5.41) is 9.29. The smallest absolute Gasteiger partial charge is 0.233 e. The Morgan fingerprint density at radius 1 is 1.32 bits per heavy atom. The molecule has 3 aromatic rings. The summed E-state index contributed by atoms with van der Waals surface area (Å²) in [5.41, 5.74) is 0.856. The molecule has 0 saturated heterocycles. The number of hydrogen-bond acceptors (Lipinski definition) is 5. The van der Waals surface area contributed by atoms with Gasteiger partial charge in [-0.25, -0.2) is 0 Å². The molecule has 1 aromatic carbocycles. The van der Waals surface area contributed by atoms with E-state index in [1.54, 1.807) is 24.3 Å². The number of thiophene rings is 1. The van der Waals surface area contributed by atoms with E-state index in [1.165, 1.54) is 23.1 Å². The standard InChI is InChI=1S/C16H14Cl2N4OS2/c1-21(8-13-5-6-14(18)25-13)15(23)9-24-16-20-19-10-22(16)12-4-2-3-11(17)7-12/h2-7,10H,8-9H2,1H3. The minimum absolute atomic E-state index is 0.00941. The van der Waals surface area contributed by atoms with Crippen molar-refractivity contribution in [2.75, 3.05) is 12.8 Å². The van der Waals surface area contributed by atoms with Gasteiger partial charge in [0.15, 0.2) is 5.16 Å². The Morgan fingerprint density at radius 3 is 2.88 bits per heavy atom. The Kier molecular flexibility index (Phi) is 6.01. The van der Waals surface area contributed by atoms with Gasteiger partial charge in [0.25, 0.3) is 0 Å². The Labute approximate surface area is 163 Å². The fourth-order valence-electron chi connectivity index (χ4n) is 2.12. The molecule has 0 bridgehead atoms. The first kappa shape index (κ1) is 18.3. The zero-order valence-corrected chi connectivity index (χ0v) is 16.4. The summed E-state index contributed by atoms with van der Waals surface area (Å²) in [6.45, 7) is 0.539. The van der Waals surface area contributed by atoms with E-state index in [0.717, 1.165) is 14.9 Å². The minimum Gasteiger partial charge on any atom is -0.340 e.